The van der Waals surface area contributed by atoms with Crippen molar-refractivity contribution in [3.63, 3.8) is 0 Å². The van der Waals surface area contributed by atoms with Gasteiger partial charge < -0.3 is 15.0 Å². The van der Waals surface area contributed by atoms with Crippen LogP contribution in [-0.2, 0) is 6.18 Å². The van der Waals surface area contributed by atoms with E-state index in [1.807, 2.05) is 4.90 Å². The topological polar surface area (TPSA) is 109 Å². The summed E-state index contributed by atoms with van der Waals surface area (Å²) in [4.78, 5) is 17.7. The number of nitrogens with two attached hydrogens (primary N) is 1. The van der Waals surface area contributed by atoms with Gasteiger partial charge in [0, 0.05) is 17.8 Å². The first kappa shape index (κ1) is 20.2. The number of H-pyrrole nitrogens is 1. The summed E-state index contributed by atoms with van der Waals surface area (Å²) in [6, 6.07) is 4.91. The molecule has 30 heavy (non-hydrogen) atoms. The number of hydrogen-bond acceptors (Lipinski definition) is 7. The molecule has 0 bridgehead atoms. The van der Waals surface area contributed by atoms with Crippen molar-refractivity contribution < 1.29 is 17.9 Å². The number of anilines is 1. The Labute approximate surface area is 173 Å². The molecule has 0 radical (unpaired) electrons. The number of ether oxygens (including phenoxy) is 1. The van der Waals surface area contributed by atoms with Crippen LogP contribution in [0.3, 0.4) is 0 Å². The van der Waals surface area contributed by atoms with Crippen molar-refractivity contribution >= 4 is 23.2 Å². The number of para-hydroxylation sites is 1. The molecule has 8 nitrogen and oxygen atoms in total. The molecule has 2 aliphatic heterocycles. The molecule has 0 saturated heterocycles. The molecule has 1 atom stereocenters. The number of nitrogens with zero attached hydrogens (tertiary/aromatic N) is 3. The molecule has 0 amide bonds. The van der Waals surface area contributed by atoms with Crippen molar-refractivity contribution in [2.75, 3.05) is 18.0 Å². The van der Waals surface area contributed by atoms with E-state index in [0.717, 1.165) is 6.07 Å². The minimum atomic E-state index is -4.57. The molecule has 2 aliphatic rings. The van der Waals surface area contributed by atoms with Gasteiger partial charge in [-0.1, -0.05) is 23.7 Å². The predicted octanol–water partition coefficient (Wildman–Crippen LogP) is 2.23. The van der Waals surface area contributed by atoms with Crippen LogP contribution in [0.4, 0.5) is 18.9 Å². The third-order valence-corrected chi connectivity index (χ3v) is 5.06. The van der Waals surface area contributed by atoms with Crippen molar-refractivity contribution in [1.29, 1.82) is 0 Å². The Morgan fingerprint density at radius 1 is 1.30 bits per heavy atom. The predicted molar refractivity (Wildman–Crippen MR) is 104 cm³/mol. The third kappa shape index (κ3) is 3.85. The molecule has 12 heteroatoms. The van der Waals surface area contributed by atoms with Crippen molar-refractivity contribution in [3.8, 4) is 5.75 Å². The monoisotopic (exact) mass is 440 g/mol. The fourth-order valence-corrected chi connectivity index (χ4v) is 3.54. The highest BCUT2D eigenvalue weighted by atomic mass is 35.5. The highest BCUT2D eigenvalue weighted by Crippen LogP contribution is 2.37. The first-order valence-electron chi connectivity index (χ1n) is 8.88. The van der Waals surface area contributed by atoms with Crippen molar-refractivity contribution in [2.45, 2.75) is 18.9 Å². The number of hydrogen-bond donors (Lipinski definition) is 3. The summed E-state index contributed by atoms with van der Waals surface area (Å²) >= 11 is 6.08. The fraction of sp³-hybridized carbons (Fsp3) is 0.278. The van der Waals surface area contributed by atoms with Crippen molar-refractivity contribution in [3.05, 3.63) is 62.7 Å². The zero-order valence-electron chi connectivity index (χ0n) is 15.3. The standard InChI is InChI=1S/C18H16ClF3N6O2/c19-14-12(7-24-27-15(14)29)28-6-5-9-11(8-28)25-17(23)26-16(9)30-13-4-2-1-3-10(13)18(20,21)22/h1-4,7,17,25H,5-6,8,23H2,(H,27,29). The van der Waals surface area contributed by atoms with E-state index < -0.39 is 23.6 Å². The highest BCUT2D eigenvalue weighted by Gasteiger charge is 2.36. The number of aliphatic imine (C=N–C) groups is 1. The molecule has 0 saturated carbocycles. The summed E-state index contributed by atoms with van der Waals surface area (Å²) in [6.45, 7) is 0.696. The average Bonchev–Trinajstić information content (AvgIpc) is 2.69. The summed E-state index contributed by atoms with van der Waals surface area (Å²) in [7, 11) is 0. The van der Waals surface area contributed by atoms with E-state index in [0.29, 0.717) is 29.9 Å². The van der Waals surface area contributed by atoms with Gasteiger partial charge in [0.25, 0.3) is 5.56 Å². The first-order chi connectivity index (χ1) is 14.2. The summed E-state index contributed by atoms with van der Waals surface area (Å²) < 4.78 is 45.5. The smallest absolute Gasteiger partial charge is 0.419 e. The number of aromatic nitrogens is 2. The van der Waals surface area contributed by atoms with Gasteiger partial charge >= 0.3 is 6.18 Å². The van der Waals surface area contributed by atoms with E-state index in [9.17, 15) is 18.0 Å². The lowest BCUT2D eigenvalue weighted by atomic mass is 10.0. The van der Waals surface area contributed by atoms with Crippen LogP contribution in [0.15, 0.2) is 51.5 Å². The highest BCUT2D eigenvalue weighted by molar-refractivity contribution is 6.33. The molecular weight excluding hydrogens is 425 g/mol. The summed E-state index contributed by atoms with van der Waals surface area (Å²) in [5.74, 6) is -0.323. The van der Waals surface area contributed by atoms with Gasteiger partial charge in [0.1, 0.15) is 10.8 Å². The summed E-state index contributed by atoms with van der Waals surface area (Å²) in [6.07, 6.45) is -3.66. The van der Waals surface area contributed by atoms with E-state index in [-0.39, 0.29) is 23.2 Å². The van der Waals surface area contributed by atoms with Crippen molar-refractivity contribution in [1.82, 2.24) is 15.5 Å². The van der Waals surface area contributed by atoms with Gasteiger partial charge in [-0.15, -0.1) is 0 Å². The lowest BCUT2D eigenvalue weighted by Gasteiger charge is -2.36. The Hall–Kier alpha value is -3.05. The van der Waals surface area contributed by atoms with Crippen LogP contribution in [-0.4, -0.2) is 35.5 Å². The SMILES string of the molecule is NC1N=C(Oc2ccccc2C(F)(F)F)C2=C(CN(c3cn[nH]c(=O)c3Cl)CC2)N1. The van der Waals surface area contributed by atoms with Crippen molar-refractivity contribution in [2.24, 2.45) is 10.7 Å². The Morgan fingerprint density at radius 2 is 2.07 bits per heavy atom. The minimum absolute atomic E-state index is 0.00148. The van der Waals surface area contributed by atoms with Gasteiger partial charge in [0.15, 0.2) is 6.29 Å². The van der Waals surface area contributed by atoms with E-state index in [1.54, 1.807) is 0 Å². The van der Waals surface area contributed by atoms with Crippen LogP contribution >= 0.6 is 11.6 Å². The van der Waals surface area contributed by atoms with Gasteiger partial charge in [-0.2, -0.15) is 18.3 Å². The van der Waals surface area contributed by atoms with Crippen LogP contribution in [0.2, 0.25) is 5.02 Å². The Morgan fingerprint density at radius 3 is 2.83 bits per heavy atom. The molecule has 3 heterocycles. The van der Waals surface area contributed by atoms with Crippen LogP contribution in [0.5, 0.6) is 5.75 Å². The lowest BCUT2D eigenvalue weighted by Crippen LogP contribution is -2.48. The molecule has 4 rings (SSSR count). The molecule has 0 fully saturated rings. The fourth-order valence-electron chi connectivity index (χ4n) is 3.33. The second-order valence-electron chi connectivity index (χ2n) is 6.65. The van der Waals surface area contributed by atoms with Gasteiger partial charge in [-0.25, -0.2) is 10.1 Å². The molecule has 2 aromatic rings. The third-order valence-electron chi connectivity index (χ3n) is 4.70. The van der Waals surface area contributed by atoms with E-state index in [2.05, 4.69) is 20.5 Å². The molecule has 1 aromatic heterocycles. The lowest BCUT2D eigenvalue weighted by molar-refractivity contribution is -0.138. The van der Waals surface area contributed by atoms with E-state index in [4.69, 9.17) is 22.1 Å². The van der Waals surface area contributed by atoms with Crippen LogP contribution in [0.25, 0.3) is 0 Å². The zero-order chi connectivity index (χ0) is 21.5. The normalized spacial score (nSPS) is 19.2. The number of benzene rings is 1. The van der Waals surface area contributed by atoms with Crippen LogP contribution < -0.4 is 26.2 Å². The number of nitrogens with one attached hydrogen (secondary N) is 2. The number of rotatable bonds is 2. The minimum Gasteiger partial charge on any atom is -0.438 e. The molecule has 1 unspecified atom stereocenters. The number of aromatic amines is 1. The quantitative estimate of drug-likeness (QED) is 0.661. The van der Waals surface area contributed by atoms with E-state index >= 15 is 0 Å². The molecule has 0 aliphatic carbocycles. The second-order valence-corrected chi connectivity index (χ2v) is 7.02. The molecule has 0 spiro atoms. The van der Waals surface area contributed by atoms with Gasteiger partial charge in [-0.05, 0) is 18.6 Å². The summed E-state index contributed by atoms with van der Waals surface area (Å²) in [5.41, 5.74) is 6.16. The zero-order valence-corrected chi connectivity index (χ0v) is 16.1. The Bertz CT molecular complexity index is 1100. The second kappa shape index (κ2) is 7.65. The van der Waals surface area contributed by atoms with Crippen LogP contribution in [0.1, 0.15) is 12.0 Å². The largest absolute Gasteiger partial charge is 0.438 e. The molecule has 4 N–H and O–H groups in total. The number of alkyl halides is 3. The van der Waals surface area contributed by atoms with Gasteiger partial charge in [-0.3, -0.25) is 10.5 Å². The maximum atomic E-state index is 13.3. The average molecular weight is 441 g/mol. The van der Waals surface area contributed by atoms with Gasteiger partial charge in [0.2, 0.25) is 5.90 Å². The Kier molecular flexibility index (Phi) is 5.16. The van der Waals surface area contributed by atoms with Gasteiger partial charge in [0.05, 0.1) is 24.0 Å². The maximum Gasteiger partial charge on any atom is 0.419 e. The van der Waals surface area contributed by atoms with Crippen LogP contribution in [0, 0.1) is 0 Å². The number of halogens is 4. The summed E-state index contributed by atoms with van der Waals surface area (Å²) in [5, 5.41) is 9.00. The van der Waals surface area contributed by atoms with E-state index in [1.165, 1.54) is 24.4 Å². The maximum absolute atomic E-state index is 13.3. The Balaban J connectivity index is 1.64. The molecular formula is C18H16ClF3N6O2. The molecule has 1 aromatic carbocycles. The molecule has 158 valence electrons. The first-order valence-corrected chi connectivity index (χ1v) is 9.26.